The Bertz CT molecular complexity index is 531. The van der Waals surface area contributed by atoms with Gasteiger partial charge >= 0.3 is 0 Å². The van der Waals surface area contributed by atoms with Crippen molar-refractivity contribution >= 4 is 0 Å². The highest BCUT2D eigenvalue weighted by Crippen LogP contribution is 2.24. The van der Waals surface area contributed by atoms with Gasteiger partial charge in [0.15, 0.2) is 0 Å². The quantitative estimate of drug-likeness (QED) is 0.928. The van der Waals surface area contributed by atoms with Gasteiger partial charge in [-0.1, -0.05) is 30.3 Å². The average Bonchev–Trinajstić information content (AvgIpc) is 2.77. The molecule has 3 nitrogen and oxygen atoms in total. The van der Waals surface area contributed by atoms with E-state index in [0.717, 1.165) is 36.8 Å². The predicted octanol–water partition coefficient (Wildman–Crippen LogP) is 3.08. The van der Waals surface area contributed by atoms with Gasteiger partial charge in [-0.2, -0.15) is 0 Å². The van der Waals surface area contributed by atoms with Crippen LogP contribution in [-0.4, -0.2) is 23.1 Å². The van der Waals surface area contributed by atoms with Crippen molar-refractivity contribution in [1.29, 1.82) is 0 Å². The molecular weight excluding hydrogens is 246 g/mol. The van der Waals surface area contributed by atoms with E-state index >= 15 is 0 Å². The first-order chi connectivity index (χ1) is 9.93. The Labute approximate surface area is 120 Å². The van der Waals surface area contributed by atoms with Gasteiger partial charge in [-0.05, 0) is 44.7 Å². The third-order valence-electron chi connectivity index (χ3n) is 4.00. The Hall–Kier alpha value is -1.74. The molecule has 2 heterocycles. The highest BCUT2D eigenvalue weighted by Gasteiger charge is 2.16. The minimum Gasteiger partial charge on any atom is -0.317 e. The molecule has 1 aromatic heterocycles. The summed E-state index contributed by atoms with van der Waals surface area (Å²) in [5.74, 6) is 0.726. The third-order valence-corrected chi connectivity index (χ3v) is 4.00. The zero-order valence-electron chi connectivity index (χ0n) is 11.8. The molecule has 1 aliphatic heterocycles. The summed E-state index contributed by atoms with van der Waals surface area (Å²) in [6.07, 6.45) is 8.45. The Balaban J connectivity index is 1.82. The van der Waals surface area contributed by atoms with Crippen LogP contribution in [0.15, 0.2) is 42.7 Å². The minimum absolute atomic E-state index is 0.726. The normalized spacial score (nSPS) is 19.5. The van der Waals surface area contributed by atoms with Crippen LogP contribution >= 0.6 is 0 Å². The molecule has 0 bridgehead atoms. The van der Waals surface area contributed by atoms with Crippen LogP contribution in [0.3, 0.4) is 0 Å². The van der Waals surface area contributed by atoms with Crippen molar-refractivity contribution in [2.24, 2.45) is 5.92 Å². The molecule has 1 N–H and O–H groups in total. The SMILES string of the molecule is c1ccc(-c2nccnc2C[C@H]2CCCNCC2)cc1. The van der Waals surface area contributed by atoms with E-state index in [9.17, 15) is 0 Å². The van der Waals surface area contributed by atoms with Crippen LogP contribution in [0.1, 0.15) is 25.0 Å². The summed E-state index contributed by atoms with van der Waals surface area (Å²) in [7, 11) is 0. The Morgan fingerprint density at radius 3 is 2.75 bits per heavy atom. The fourth-order valence-corrected chi connectivity index (χ4v) is 2.92. The number of nitrogens with zero attached hydrogens (tertiary/aromatic N) is 2. The van der Waals surface area contributed by atoms with Gasteiger partial charge in [-0.3, -0.25) is 9.97 Å². The summed E-state index contributed by atoms with van der Waals surface area (Å²) in [5.41, 5.74) is 3.36. The van der Waals surface area contributed by atoms with Crippen LogP contribution in [0.2, 0.25) is 0 Å². The zero-order valence-corrected chi connectivity index (χ0v) is 11.8. The molecule has 0 unspecified atom stereocenters. The molecule has 1 atom stereocenters. The summed E-state index contributed by atoms with van der Waals surface area (Å²) >= 11 is 0. The zero-order chi connectivity index (χ0) is 13.6. The molecule has 3 rings (SSSR count). The van der Waals surface area contributed by atoms with Crippen molar-refractivity contribution in [3.63, 3.8) is 0 Å². The number of nitrogens with one attached hydrogen (secondary N) is 1. The van der Waals surface area contributed by atoms with Crippen LogP contribution < -0.4 is 5.32 Å². The smallest absolute Gasteiger partial charge is 0.0917 e. The summed E-state index contributed by atoms with van der Waals surface area (Å²) in [4.78, 5) is 9.16. The second-order valence-electron chi connectivity index (χ2n) is 5.47. The van der Waals surface area contributed by atoms with Gasteiger partial charge in [0.2, 0.25) is 0 Å². The van der Waals surface area contributed by atoms with Crippen molar-refractivity contribution in [1.82, 2.24) is 15.3 Å². The van der Waals surface area contributed by atoms with Crippen molar-refractivity contribution in [2.75, 3.05) is 13.1 Å². The van der Waals surface area contributed by atoms with Crippen molar-refractivity contribution in [3.05, 3.63) is 48.4 Å². The molecule has 1 aromatic carbocycles. The fraction of sp³-hybridized carbons (Fsp3) is 0.412. The first-order valence-corrected chi connectivity index (χ1v) is 7.49. The van der Waals surface area contributed by atoms with E-state index in [-0.39, 0.29) is 0 Å². The largest absolute Gasteiger partial charge is 0.317 e. The Kier molecular flexibility index (Phi) is 4.38. The van der Waals surface area contributed by atoms with E-state index in [4.69, 9.17) is 0 Å². The molecule has 0 aliphatic carbocycles. The molecule has 0 saturated carbocycles. The summed E-state index contributed by atoms with van der Waals surface area (Å²) in [6, 6.07) is 10.4. The molecule has 1 saturated heterocycles. The van der Waals surface area contributed by atoms with E-state index in [1.165, 1.54) is 24.8 Å². The highest BCUT2D eigenvalue weighted by molar-refractivity contribution is 5.61. The van der Waals surface area contributed by atoms with Crippen LogP contribution in [0.25, 0.3) is 11.3 Å². The summed E-state index contributed by atoms with van der Waals surface area (Å²) in [6.45, 7) is 2.29. The van der Waals surface area contributed by atoms with Gasteiger partial charge in [0.05, 0.1) is 11.4 Å². The van der Waals surface area contributed by atoms with Gasteiger partial charge < -0.3 is 5.32 Å². The van der Waals surface area contributed by atoms with Gasteiger partial charge in [0.1, 0.15) is 0 Å². The number of hydrogen-bond acceptors (Lipinski definition) is 3. The Morgan fingerprint density at radius 1 is 1.00 bits per heavy atom. The van der Waals surface area contributed by atoms with Crippen LogP contribution in [-0.2, 0) is 6.42 Å². The topological polar surface area (TPSA) is 37.8 Å². The monoisotopic (exact) mass is 267 g/mol. The number of aromatic nitrogens is 2. The maximum Gasteiger partial charge on any atom is 0.0917 e. The maximum atomic E-state index is 4.60. The van der Waals surface area contributed by atoms with Crippen molar-refractivity contribution in [3.8, 4) is 11.3 Å². The molecule has 1 aliphatic rings. The first-order valence-electron chi connectivity index (χ1n) is 7.49. The average molecular weight is 267 g/mol. The number of rotatable bonds is 3. The lowest BCUT2D eigenvalue weighted by atomic mass is 9.93. The first kappa shape index (κ1) is 13.3. The highest BCUT2D eigenvalue weighted by atomic mass is 14.9. The van der Waals surface area contributed by atoms with Crippen LogP contribution in [0.4, 0.5) is 0 Å². The number of hydrogen-bond donors (Lipinski definition) is 1. The van der Waals surface area contributed by atoms with E-state index in [2.05, 4.69) is 39.6 Å². The maximum absolute atomic E-state index is 4.60. The fourth-order valence-electron chi connectivity index (χ4n) is 2.92. The van der Waals surface area contributed by atoms with E-state index in [1.54, 1.807) is 6.20 Å². The Morgan fingerprint density at radius 2 is 1.85 bits per heavy atom. The van der Waals surface area contributed by atoms with Gasteiger partial charge in [-0.25, -0.2) is 0 Å². The van der Waals surface area contributed by atoms with Crippen molar-refractivity contribution in [2.45, 2.75) is 25.7 Å². The molecule has 0 spiro atoms. The summed E-state index contributed by atoms with van der Waals surface area (Å²) < 4.78 is 0. The standard InChI is InChI=1S/C17H21N3/c1-2-6-15(7-3-1)17-16(19-11-12-20-17)13-14-5-4-9-18-10-8-14/h1-3,6-7,11-12,14,18H,4-5,8-10,13H2/t14-/m0/s1. The molecule has 0 radical (unpaired) electrons. The lowest BCUT2D eigenvalue weighted by molar-refractivity contribution is 0.465. The molecule has 2 aromatic rings. The lowest BCUT2D eigenvalue weighted by Crippen LogP contribution is -2.14. The predicted molar refractivity (Wildman–Crippen MR) is 81.4 cm³/mol. The molecule has 20 heavy (non-hydrogen) atoms. The number of benzene rings is 1. The second-order valence-corrected chi connectivity index (χ2v) is 5.47. The third kappa shape index (κ3) is 3.23. The molecule has 1 fully saturated rings. The van der Waals surface area contributed by atoms with Gasteiger partial charge in [0, 0.05) is 18.0 Å². The molecular formula is C17H21N3. The molecule has 3 heteroatoms. The minimum atomic E-state index is 0.726. The van der Waals surface area contributed by atoms with Crippen LogP contribution in [0, 0.1) is 5.92 Å². The van der Waals surface area contributed by atoms with Crippen LogP contribution in [0.5, 0.6) is 0 Å². The summed E-state index contributed by atoms with van der Waals surface area (Å²) in [5, 5.41) is 3.47. The van der Waals surface area contributed by atoms with E-state index in [1.807, 2.05) is 12.3 Å². The molecule has 104 valence electrons. The molecule has 0 amide bonds. The second kappa shape index (κ2) is 6.62. The van der Waals surface area contributed by atoms with Gasteiger partial charge in [0.25, 0.3) is 0 Å². The van der Waals surface area contributed by atoms with Crippen molar-refractivity contribution < 1.29 is 0 Å². The van der Waals surface area contributed by atoms with E-state index in [0.29, 0.717) is 0 Å². The van der Waals surface area contributed by atoms with E-state index < -0.39 is 0 Å². The van der Waals surface area contributed by atoms with Gasteiger partial charge in [-0.15, -0.1) is 0 Å². The lowest BCUT2D eigenvalue weighted by Gasteiger charge is -2.15.